The van der Waals surface area contributed by atoms with Crippen LogP contribution in [0.25, 0.3) is 22.5 Å². The zero-order chi connectivity index (χ0) is 29.6. The number of nitrogens with zero attached hydrogens (tertiary/aromatic N) is 6. The van der Waals surface area contributed by atoms with Gasteiger partial charge < -0.3 is 0 Å². The van der Waals surface area contributed by atoms with Crippen molar-refractivity contribution < 1.29 is 13.2 Å². The van der Waals surface area contributed by atoms with E-state index in [1.54, 1.807) is 22.8 Å². The second-order valence-electron chi connectivity index (χ2n) is 11.7. The third-order valence-corrected chi connectivity index (χ3v) is 9.22. The number of benzene rings is 2. The molecule has 2 aromatic heterocycles. The highest BCUT2D eigenvalue weighted by atomic mass is 35.5. The number of aromatic nitrogens is 5. The molecule has 3 unspecified atom stereocenters. The predicted octanol–water partition coefficient (Wildman–Crippen LogP) is 6.97. The van der Waals surface area contributed by atoms with Crippen molar-refractivity contribution >= 4 is 22.9 Å². The van der Waals surface area contributed by atoms with Crippen LogP contribution < -0.4 is 5.56 Å². The van der Waals surface area contributed by atoms with Crippen molar-refractivity contribution in [2.75, 3.05) is 0 Å². The Balaban J connectivity index is 1.12. The summed E-state index contributed by atoms with van der Waals surface area (Å²) in [5, 5.41) is 7.78. The standard InChI is InChI=1S/C32H24ClF3N6O/c1-15-2-3-17-9-18(5-4-16(17)8-15)20-12-25(37-31(20)36)29-21-11-22(21)32-38-24(13-28(43)42(29)32)23-10-19(33)6-7-27(23)41-14-26(30(34)35)39-40-41/h4-7,9-10,13-14,21-22,29-30H,1-3,8,11-12H2. The molecule has 0 bridgehead atoms. The van der Waals surface area contributed by atoms with E-state index < -0.39 is 18.1 Å². The molecule has 43 heavy (non-hydrogen) atoms. The van der Waals surface area contributed by atoms with Crippen molar-refractivity contribution in [3.05, 3.63) is 110 Å². The molecular formula is C32H24ClF3N6O. The van der Waals surface area contributed by atoms with Crippen molar-refractivity contribution in [3.63, 3.8) is 0 Å². The molecule has 0 N–H and O–H groups in total. The molecule has 3 atom stereocenters. The first-order valence-electron chi connectivity index (χ1n) is 14.1. The number of hydrogen-bond donors (Lipinski definition) is 0. The predicted molar refractivity (Wildman–Crippen MR) is 156 cm³/mol. The molecule has 4 heterocycles. The van der Waals surface area contributed by atoms with Crippen molar-refractivity contribution in [1.29, 1.82) is 0 Å². The van der Waals surface area contributed by atoms with Crippen LogP contribution in [-0.4, -0.2) is 30.3 Å². The van der Waals surface area contributed by atoms with Gasteiger partial charge in [0.2, 0.25) is 5.95 Å². The number of aliphatic imine (C=N–C) groups is 1. The second kappa shape index (κ2) is 9.60. The zero-order valence-corrected chi connectivity index (χ0v) is 23.5. The van der Waals surface area contributed by atoms with E-state index in [9.17, 15) is 13.6 Å². The van der Waals surface area contributed by atoms with Gasteiger partial charge in [-0.05, 0) is 66.5 Å². The molecule has 0 spiro atoms. The van der Waals surface area contributed by atoms with Gasteiger partial charge in [-0.25, -0.2) is 23.4 Å². The van der Waals surface area contributed by atoms with Crippen LogP contribution in [0, 0.1) is 5.92 Å². The summed E-state index contributed by atoms with van der Waals surface area (Å²) in [4.78, 5) is 22.9. The summed E-state index contributed by atoms with van der Waals surface area (Å²) in [6.45, 7) is 4.11. The van der Waals surface area contributed by atoms with Gasteiger partial charge in [0.25, 0.3) is 12.0 Å². The fraction of sp³-hybridized carbons (Fsp3) is 0.281. The lowest BCUT2D eigenvalue weighted by Gasteiger charge is -2.20. The summed E-state index contributed by atoms with van der Waals surface area (Å²) in [6, 6.07) is 12.0. The number of allylic oxidation sites excluding steroid dienone is 2. The highest BCUT2D eigenvalue weighted by molar-refractivity contribution is 6.31. The largest absolute Gasteiger partial charge is 0.287 e. The topological polar surface area (TPSA) is 78.0 Å². The summed E-state index contributed by atoms with van der Waals surface area (Å²) >= 11 is 6.30. The lowest BCUT2D eigenvalue weighted by atomic mass is 9.86. The second-order valence-corrected chi connectivity index (χ2v) is 12.1. The zero-order valence-electron chi connectivity index (χ0n) is 22.8. The maximum atomic E-state index is 15.4. The molecule has 11 heteroatoms. The monoisotopic (exact) mass is 600 g/mol. The third-order valence-electron chi connectivity index (χ3n) is 8.98. The number of fused-ring (bicyclic) bond motifs is 4. The van der Waals surface area contributed by atoms with Gasteiger partial charge in [-0.2, -0.15) is 4.39 Å². The lowest BCUT2D eigenvalue weighted by molar-refractivity contribution is 0.146. The van der Waals surface area contributed by atoms with E-state index in [4.69, 9.17) is 16.6 Å². The van der Waals surface area contributed by atoms with Crippen LogP contribution in [0.5, 0.6) is 0 Å². The van der Waals surface area contributed by atoms with E-state index >= 15 is 4.39 Å². The van der Waals surface area contributed by atoms with Gasteiger partial charge in [0.05, 0.1) is 23.6 Å². The number of rotatable bonds is 5. The van der Waals surface area contributed by atoms with E-state index in [1.807, 2.05) is 6.07 Å². The number of alkyl halides is 2. The summed E-state index contributed by atoms with van der Waals surface area (Å²) in [5.41, 5.74) is 6.13. The molecule has 8 rings (SSSR count). The fourth-order valence-electron chi connectivity index (χ4n) is 6.81. The van der Waals surface area contributed by atoms with Gasteiger partial charge in [-0.1, -0.05) is 47.2 Å². The summed E-state index contributed by atoms with van der Waals surface area (Å²) < 4.78 is 44.6. The number of hydrogen-bond acceptors (Lipinski definition) is 5. The van der Waals surface area contributed by atoms with Gasteiger partial charge in [-0.3, -0.25) is 9.36 Å². The van der Waals surface area contributed by atoms with Crippen molar-refractivity contribution in [3.8, 4) is 16.9 Å². The highest BCUT2D eigenvalue weighted by Gasteiger charge is 2.56. The maximum absolute atomic E-state index is 15.4. The molecule has 0 radical (unpaired) electrons. The number of halogens is 4. The highest BCUT2D eigenvalue weighted by Crippen LogP contribution is 2.60. The first kappa shape index (κ1) is 26.3. The molecular weight excluding hydrogens is 577 g/mol. The number of aryl methyl sites for hydroxylation is 1. The molecule has 2 aromatic carbocycles. The quantitative estimate of drug-likeness (QED) is 0.183. The molecule has 1 saturated carbocycles. The van der Waals surface area contributed by atoms with Crippen molar-refractivity contribution in [2.45, 2.75) is 50.5 Å². The first-order chi connectivity index (χ1) is 20.7. The minimum atomic E-state index is -2.78. The Labute approximate surface area is 249 Å². The normalized spacial score (nSPS) is 22.1. The van der Waals surface area contributed by atoms with E-state index in [2.05, 4.69) is 34.0 Å². The van der Waals surface area contributed by atoms with Gasteiger partial charge in [0, 0.05) is 40.3 Å². The van der Waals surface area contributed by atoms with Crippen LogP contribution >= 0.6 is 11.6 Å². The van der Waals surface area contributed by atoms with Crippen LogP contribution in [0.1, 0.15) is 65.9 Å². The van der Waals surface area contributed by atoms with Crippen molar-refractivity contribution in [2.24, 2.45) is 10.9 Å². The molecule has 4 aliphatic rings. The van der Waals surface area contributed by atoms with Crippen LogP contribution in [0.4, 0.5) is 13.2 Å². The van der Waals surface area contributed by atoms with Gasteiger partial charge >= 0.3 is 0 Å². The Morgan fingerprint density at radius 1 is 1.05 bits per heavy atom. The SMILES string of the molecule is C=C1CCc2cc(C3=C(F)N=C(C4C5CC5c5nc(-c6cc(Cl)ccc6-n6cc(C(F)F)nn6)cc(=O)n54)C3)ccc2C1. The van der Waals surface area contributed by atoms with Crippen LogP contribution in [0.15, 0.2) is 76.6 Å². The maximum Gasteiger partial charge on any atom is 0.283 e. The Morgan fingerprint density at radius 2 is 1.91 bits per heavy atom. The summed E-state index contributed by atoms with van der Waals surface area (Å²) in [7, 11) is 0. The Hall–Kier alpha value is -4.31. The molecule has 2 aliphatic heterocycles. The Bertz CT molecular complexity index is 1990. The van der Waals surface area contributed by atoms with E-state index in [0.717, 1.165) is 37.4 Å². The van der Waals surface area contributed by atoms with E-state index in [0.29, 0.717) is 45.5 Å². The fourth-order valence-corrected chi connectivity index (χ4v) is 6.98. The Kier molecular flexibility index (Phi) is 5.88. The molecule has 0 amide bonds. The molecule has 216 valence electrons. The summed E-state index contributed by atoms with van der Waals surface area (Å²) in [6.07, 6.45) is 2.20. The van der Waals surface area contributed by atoms with Gasteiger partial charge in [0.15, 0.2) is 0 Å². The van der Waals surface area contributed by atoms with Gasteiger partial charge in [0.1, 0.15) is 11.5 Å². The molecule has 2 aliphatic carbocycles. The van der Waals surface area contributed by atoms with E-state index in [-0.39, 0.29) is 23.4 Å². The van der Waals surface area contributed by atoms with Gasteiger partial charge in [-0.15, -0.1) is 5.10 Å². The molecule has 7 nitrogen and oxygen atoms in total. The average Bonchev–Trinajstić information content (AvgIpc) is 3.28. The van der Waals surface area contributed by atoms with Crippen LogP contribution in [0.2, 0.25) is 5.02 Å². The minimum absolute atomic E-state index is 0.0451. The van der Waals surface area contributed by atoms with Crippen LogP contribution in [0.3, 0.4) is 0 Å². The lowest BCUT2D eigenvalue weighted by Crippen LogP contribution is -2.30. The average molecular weight is 601 g/mol. The molecule has 0 saturated heterocycles. The smallest absolute Gasteiger partial charge is 0.283 e. The minimum Gasteiger partial charge on any atom is -0.287 e. The third kappa shape index (κ3) is 4.30. The molecule has 1 fully saturated rings. The van der Waals surface area contributed by atoms with E-state index in [1.165, 1.54) is 27.4 Å². The first-order valence-corrected chi connectivity index (χ1v) is 14.5. The Morgan fingerprint density at radius 3 is 2.72 bits per heavy atom. The summed E-state index contributed by atoms with van der Waals surface area (Å²) in [5.74, 6) is 0.265. The van der Waals surface area contributed by atoms with Crippen molar-refractivity contribution in [1.82, 2.24) is 24.5 Å². The van der Waals surface area contributed by atoms with Crippen LogP contribution in [-0.2, 0) is 12.8 Å². The molecule has 4 aromatic rings.